The van der Waals surface area contributed by atoms with E-state index in [0.717, 1.165) is 32.7 Å². The van der Waals surface area contributed by atoms with Crippen molar-refractivity contribution >= 4 is 34.9 Å². The molecule has 0 atom stereocenters. The van der Waals surface area contributed by atoms with E-state index >= 15 is 0 Å². The average molecular weight is 341 g/mol. The molecule has 3 rings (SSSR count). The van der Waals surface area contributed by atoms with E-state index in [1.165, 1.54) is 0 Å². The van der Waals surface area contributed by atoms with Crippen LogP contribution in [0.1, 0.15) is 22.3 Å². The summed E-state index contributed by atoms with van der Waals surface area (Å²) in [6, 6.07) is 17.9. The average Bonchev–Trinajstić information content (AvgIpc) is 3.06. The van der Waals surface area contributed by atoms with E-state index in [4.69, 9.17) is 0 Å². The highest BCUT2D eigenvalue weighted by Gasteiger charge is 2.16. The molecule has 0 aliphatic rings. The highest BCUT2D eigenvalue weighted by Crippen LogP contribution is 2.33. The SMILES string of the molecule is CCc1nnsc1C(=O)Nc1ccccc1Sc1ccccc1. The number of carbonyl (C=O) groups is 1. The summed E-state index contributed by atoms with van der Waals surface area (Å²) in [4.78, 5) is 15.2. The number of aromatic nitrogens is 2. The molecule has 0 fully saturated rings. The monoisotopic (exact) mass is 341 g/mol. The molecule has 1 N–H and O–H groups in total. The number of nitrogens with one attached hydrogen (secondary N) is 1. The highest BCUT2D eigenvalue weighted by molar-refractivity contribution is 7.99. The van der Waals surface area contributed by atoms with Gasteiger partial charge < -0.3 is 5.32 Å². The van der Waals surface area contributed by atoms with Crippen LogP contribution in [0.4, 0.5) is 5.69 Å². The second-order valence-corrected chi connectivity index (χ2v) is 6.64. The molecule has 0 unspecified atom stereocenters. The Morgan fingerprint density at radius 3 is 2.65 bits per heavy atom. The summed E-state index contributed by atoms with van der Waals surface area (Å²) in [6.45, 7) is 1.96. The first-order valence-electron chi connectivity index (χ1n) is 7.22. The standard InChI is InChI=1S/C17H15N3OS2/c1-2-13-16(23-20-19-13)17(21)18-14-10-6-7-11-15(14)22-12-8-4-3-5-9-12/h3-11H,2H2,1H3,(H,18,21). The van der Waals surface area contributed by atoms with Gasteiger partial charge in [-0.25, -0.2) is 0 Å². The van der Waals surface area contributed by atoms with Gasteiger partial charge in [0.15, 0.2) is 0 Å². The topological polar surface area (TPSA) is 54.9 Å². The maximum atomic E-state index is 12.5. The zero-order valence-corrected chi connectivity index (χ0v) is 14.2. The van der Waals surface area contributed by atoms with Gasteiger partial charge in [-0.2, -0.15) is 0 Å². The number of para-hydroxylation sites is 1. The normalized spacial score (nSPS) is 10.5. The number of rotatable bonds is 5. The van der Waals surface area contributed by atoms with Gasteiger partial charge in [-0.05, 0) is 42.2 Å². The fourth-order valence-corrected chi connectivity index (χ4v) is 3.63. The van der Waals surface area contributed by atoms with Crippen molar-refractivity contribution in [3.8, 4) is 0 Å². The Labute approximate surface area is 143 Å². The summed E-state index contributed by atoms with van der Waals surface area (Å²) in [5.74, 6) is -0.155. The van der Waals surface area contributed by atoms with Crippen molar-refractivity contribution in [2.75, 3.05) is 5.32 Å². The third kappa shape index (κ3) is 3.78. The van der Waals surface area contributed by atoms with Gasteiger partial charge in [0, 0.05) is 9.79 Å². The lowest BCUT2D eigenvalue weighted by Gasteiger charge is -2.10. The third-order valence-corrected chi connectivity index (χ3v) is 5.05. The van der Waals surface area contributed by atoms with Crippen molar-refractivity contribution in [3.05, 3.63) is 65.2 Å². The van der Waals surface area contributed by atoms with Crippen LogP contribution in [0.2, 0.25) is 0 Å². The maximum absolute atomic E-state index is 12.5. The number of carbonyl (C=O) groups excluding carboxylic acids is 1. The zero-order chi connectivity index (χ0) is 16.1. The molecule has 6 heteroatoms. The molecular weight excluding hydrogens is 326 g/mol. The molecule has 0 aliphatic carbocycles. The Balaban J connectivity index is 1.82. The molecule has 116 valence electrons. The Bertz CT molecular complexity index is 802. The predicted octanol–water partition coefficient (Wildman–Crippen LogP) is 4.50. The van der Waals surface area contributed by atoms with Gasteiger partial charge in [0.1, 0.15) is 4.88 Å². The minimum Gasteiger partial charge on any atom is -0.320 e. The first-order chi connectivity index (χ1) is 11.3. The number of nitrogens with zero attached hydrogens (tertiary/aromatic N) is 2. The van der Waals surface area contributed by atoms with E-state index in [9.17, 15) is 4.79 Å². The predicted molar refractivity (Wildman–Crippen MR) is 94.2 cm³/mol. The third-order valence-electron chi connectivity index (χ3n) is 3.20. The molecule has 0 bridgehead atoms. The summed E-state index contributed by atoms with van der Waals surface area (Å²) in [6.07, 6.45) is 0.694. The van der Waals surface area contributed by atoms with Crippen molar-refractivity contribution in [3.63, 3.8) is 0 Å². The molecule has 4 nitrogen and oxygen atoms in total. The van der Waals surface area contributed by atoms with E-state index in [1.54, 1.807) is 11.8 Å². The fourth-order valence-electron chi connectivity index (χ4n) is 2.07. The van der Waals surface area contributed by atoms with Gasteiger partial charge in [-0.15, -0.1) is 5.10 Å². The molecule has 0 radical (unpaired) electrons. The lowest BCUT2D eigenvalue weighted by Crippen LogP contribution is -2.12. The number of amides is 1. The van der Waals surface area contributed by atoms with E-state index in [0.29, 0.717) is 11.3 Å². The molecule has 0 saturated carbocycles. The van der Waals surface area contributed by atoms with Crippen molar-refractivity contribution in [2.24, 2.45) is 0 Å². The minimum absolute atomic E-state index is 0.155. The largest absolute Gasteiger partial charge is 0.320 e. The first-order valence-corrected chi connectivity index (χ1v) is 8.81. The number of anilines is 1. The quantitative estimate of drug-likeness (QED) is 0.742. The molecule has 1 aromatic heterocycles. The number of benzene rings is 2. The Morgan fingerprint density at radius 2 is 1.87 bits per heavy atom. The Hall–Kier alpha value is -2.18. The van der Waals surface area contributed by atoms with Gasteiger partial charge >= 0.3 is 0 Å². The molecule has 0 aliphatic heterocycles. The summed E-state index contributed by atoms with van der Waals surface area (Å²) >= 11 is 2.75. The van der Waals surface area contributed by atoms with Gasteiger partial charge in [-0.1, -0.05) is 53.5 Å². The number of hydrogen-bond donors (Lipinski definition) is 1. The van der Waals surface area contributed by atoms with Crippen LogP contribution in [0.3, 0.4) is 0 Å². The van der Waals surface area contributed by atoms with Crippen LogP contribution in [0.15, 0.2) is 64.4 Å². The van der Waals surface area contributed by atoms with Crippen molar-refractivity contribution in [1.82, 2.24) is 9.59 Å². The lowest BCUT2D eigenvalue weighted by atomic mass is 10.2. The van der Waals surface area contributed by atoms with Crippen LogP contribution >= 0.6 is 23.3 Å². The molecule has 0 saturated heterocycles. The summed E-state index contributed by atoms with van der Waals surface area (Å²) in [5, 5.41) is 6.97. The molecule has 2 aromatic carbocycles. The number of aryl methyl sites for hydroxylation is 1. The Morgan fingerprint density at radius 1 is 1.13 bits per heavy atom. The fraction of sp³-hybridized carbons (Fsp3) is 0.118. The van der Waals surface area contributed by atoms with Gasteiger partial charge in [0.25, 0.3) is 5.91 Å². The first kappa shape index (κ1) is 15.7. The molecule has 0 spiro atoms. The summed E-state index contributed by atoms with van der Waals surface area (Å²) < 4.78 is 3.87. The molecular formula is C17H15N3OS2. The minimum atomic E-state index is -0.155. The van der Waals surface area contributed by atoms with Gasteiger partial charge in [-0.3, -0.25) is 4.79 Å². The van der Waals surface area contributed by atoms with E-state index in [2.05, 4.69) is 14.9 Å². The van der Waals surface area contributed by atoms with Crippen LogP contribution in [0, 0.1) is 0 Å². The second-order valence-electron chi connectivity index (χ2n) is 4.77. The van der Waals surface area contributed by atoms with Gasteiger partial charge in [0.05, 0.1) is 11.4 Å². The molecule has 23 heavy (non-hydrogen) atoms. The summed E-state index contributed by atoms with van der Waals surface area (Å²) in [7, 11) is 0. The molecule has 1 heterocycles. The lowest BCUT2D eigenvalue weighted by molar-refractivity contribution is 0.102. The van der Waals surface area contributed by atoms with Crippen molar-refractivity contribution in [2.45, 2.75) is 23.1 Å². The summed E-state index contributed by atoms with van der Waals surface area (Å²) in [5.41, 5.74) is 1.53. The van der Waals surface area contributed by atoms with Crippen LogP contribution in [0.25, 0.3) is 0 Å². The maximum Gasteiger partial charge on any atom is 0.269 e. The second kappa shape index (κ2) is 7.39. The zero-order valence-electron chi connectivity index (χ0n) is 12.5. The van der Waals surface area contributed by atoms with E-state index < -0.39 is 0 Å². The van der Waals surface area contributed by atoms with Crippen molar-refractivity contribution < 1.29 is 4.79 Å². The molecule has 3 aromatic rings. The van der Waals surface area contributed by atoms with Crippen LogP contribution < -0.4 is 5.32 Å². The van der Waals surface area contributed by atoms with Crippen LogP contribution in [0.5, 0.6) is 0 Å². The van der Waals surface area contributed by atoms with E-state index in [-0.39, 0.29) is 5.91 Å². The van der Waals surface area contributed by atoms with Crippen LogP contribution in [-0.2, 0) is 6.42 Å². The van der Waals surface area contributed by atoms with E-state index in [1.807, 2.05) is 61.5 Å². The molecule has 1 amide bonds. The highest BCUT2D eigenvalue weighted by atomic mass is 32.2. The van der Waals surface area contributed by atoms with Crippen LogP contribution in [-0.4, -0.2) is 15.5 Å². The van der Waals surface area contributed by atoms with Gasteiger partial charge in [0.2, 0.25) is 0 Å². The number of hydrogen-bond acceptors (Lipinski definition) is 5. The van der Waals surface area contributed by atoms with Crippen molar-refractivity contribution in [1.29, 1.82) is 0 Å². The smallest absolute Gasteiger partial charge is 0.269 e. The Kier molecular flexibility index (Phi) is 5.05.